The van der Waals surface area contributed by atoms with Crippen LogP contribution in [0.4, 0.5) is 13.2 Å². The summed E-state index contributed by atoms with van der Waals surface area (Å²) in [6.45, 7) is 8.64. The molecule has 210 valence electrons. The zero-order valence-electron chi connectivity index (χ0n) is 22.7. The van der Waals surface area contributed by atoms with Crippen molar-refractivity contribution in [2.75, 3.05) is 13.7 Å². The van der Waals surface area contributed by atoms with E-state index in [4.69, 9.17) is 14.5 Å². The Labute approximate surface area is 230 Å². The standard InChI is InChI=1S/C28H30F3N7O2/c1-16-12-38(13-18-6-8-20(9-7-18)26-35-21(14-37(26)4)28(29,30)31)25(17(2)40-16)36-24(32-3)22-23(19-10-11-19)33-15-34-27(22)39-5/h6-9,14-16,19H,3,10-13H2,1-2,4-5H3. The van der Waals surface area contributed by atoms with E-state index in [0.717, 1.165) is 30.3 Å². The van der Waals surface area contributed by atoms with Crippen LogP contribution in [0.1, 0.15) is 55.1 Å². The molecule has 0 spiro atoms. The topological polar surface area (TPSA) is 90.0 Å². The summed E-state index contributed by atoms with van der Waals surface area (Å²) in [6.07, 6.45) is -0.0578. The maximum atomic E-state index is 13.1. The highest BCUT2D eigenvalue weighted by molar-refractivity contribution is 6.04. The number of halogens is 3. The molecule has 3 aromatic rings. The van der Waals surface area contributed by atoms with Crippen molar-refractivity contribution >= 4 is 12.6 Å². The van der Waals surface area contributed by atoms with Crippen molar-refractivity contribution in [3.8, 4) is 17.3 Å². The molecule has 1 fully saturated rings. The molecule has 1 aliphatic carbocycles. The summed E-state index contributed by atoms with van der Waals surface area (Å²) in [5, 5.41) is 0. The first-order valence-corrected chi connectivity index (χ1v) is 12.9. The van der Waals surface area contributed by atoms with E-state index in [0.29, 0.717) is 53.4 Å². The Balaban J connectivity index is 1.45. The zero-order chi connectivity index (χ0) is 28.6. The largest absolute Gasteiger partial charge is 0.490 e. The van der Waals surface area contributed by atoms with Gasteiger partial charge in [0, 0.05) is 31.3 Å². The number of amidine groups is 1. The van der Waals surface area contributed by atoms with Gasteiger partial charge in [-0.2, -0.15) is 13.2 Å². The van der Waals surface area contributed by atoms with E-state index in [1.165, 1.54) is 10.9 Å². The molecule has 9 nitrogen and oxygen atoms in total. The minimum atomic E-state index is -4.50. The third kappa shape index (κ3) is 5.56. The molecule has 0 radical (unpaired) electrons. The summed E-state index contributed by atoms with van der Waals surface area (Å²) in [6, 6.07) is 7.29. The Bertz CT molecular complexity index is 1470. The maximum absolute atomic E-state index is 13.1. The van der Waals surface area contributed by atoms with Crippen molar-refractivity contribution in [2.45, 2.75) is 51.4 Å². The van der Waals surface area contributed by atoms with Crippen LogP contribution < -0.4 is 4.74 Å². The summed E-state index contributed by atoms with van der Waals surface area (Å²) >= 11 is 0. The van der Waals surface area contributed by atoms with Crippen LogP contribution >= 0.6 is 0 Å². The fourth-order valence-corrected chi connectivity index (χ4v) is 4.83. The first-order chi connectivity index (χ1) is 19.1. The molecule has 3 heterocycles. The van der Waals surface area contributed by atoms with Crippen LogP contribution in [0.15, 0.2) is 58.4 Å². The fraction of sp³-hybridized carbons (Fsp3) is 0.393. The van der Waals surface area contributed by atoms with Gasteiger partial charge in [-0.1, -0.05) is 24.3 Å². The number of aromatic nitrogens is 4. The van der Waals surface area contributed by atoms with E-state index >= 15 is 0 Å². The fourth-order valence-electron chi connectivity index (χ4n) is 4.83. The Morgan fingerprint density at radius 2 is 1.93 bits per heavy atom. The molecule has 0 saturated heterocycles. The minimum absolute atomic E-state index is 0.0802. The molecule has 1 saturated carbocycles. The van der Waals surface area contributed by atoms with Crippen LogP contribution in [0.5, 0.6) is 5.88 Å². The van der Waals surface area contributed by atoms with Gasteiger partial charge in [0.05, 0.1) is 19.3 Å². The van der Waals surface area contributed by atoms with Crippen molar-refractivity contribution < 1.29 is 22.6 Å². The Morgan fingerprint density at radius 3 is 2.52 bits per heavy atom. The predicted molar refractivity (Wildman–Crippen MR) is 144 cm³/mol. The second kappa shape index (κ2) is 10.7. The third-order valence-electron chi connectivity index (χ3n) is 6.81. The average molecular weight is 554 g/mol. The van der Waals surface area contributed by atoms with Gasteiger partial charge in [0.25, 0.3) is 0 Å². The number of imidazole rings is 1. The van der Waals surface area contributed by atoms with Crippen LogP contribution in [0, 0.1) is 0 Å². The van der Waals surface area contributed by atoms with Gasteiger partial charge in [-0.3, -0.25) is 0 Å². The highest BCUT2D eigenvalue weighted by Gasteiger charge is 2.35. The molecule has 0 amide bonds. The summed E-state index contributed by atoms with van der Waals surface area (Å²) in [5.74, 6) is 2.51. The predicted octanol–water partition coefficient (Wildman–Crippen LogP) is 5.34. The molecule has 1 unspecified atom stereocenters. The Hall–Kier alpha value is -4.22. The second-order valence-corrected chi connectivity index (χ2v) is 9.96. The van der Waals surface area contributed by atoms with Crippen LogP contribution in [0.25, 0.3) is 11.4 Å². The number of nitrogens with zero attached hydrogens (tertiary/aromatic N) is 7. The smallest absolute Gasteiger partial charge is 0.434 e. The molecule has 40 heavy (non-hydrogen) atoms. The van der Waals surface area contributed by atoms with Crippen LogP contribution in [-0.4, -0.2) is 56.7 Å². The average Bonchev–Trinajstić information content (AvgIpc) is 3.68. The van der Waals surface area contributed by atoms with Crippen molar-refractivity contribution in [1.29, 1.82) is 0 Å². The number of ether oxygens (including phenoxy) is 2. The van der Waals surface area contributed by atoms with Gasteiger partial charge in [0.1, 0.15) is 29.6 Å². The van der Waals surface area contributed by atoms with E-state index in [-0.39, 0.29) is 11.9 Å². The van der Waals surface area contributed by atoms with Gasteiger partial charge in [-0.25, -0.2) is 24.9 Å². The quantitative estimate of drug-likeness (QED) is 0.290. The number of aryl methyl sites for hydroxylation is 1. The molecule has 2 aliphatic rings. The van der Waals surface area contributed by atoms with E-state index in [2.05, 4.69) is 31.6 Å². The number of hydrogen-bond acceptors (Lipinski definition) is 7. The number of allylic oxidation sites excluding steroid dienone is 1. The van der Waals surface area contributed by atoms with Crippen molar-refractivity contribution in [2.24, 2.45) is 17.0 Å². The number of methoxy groups -OCH3 is 1. The van der Waals surface area contributed by atoms with Crippen LogP contribution in [0.2, 0.25) is 0 Å². The Kier molecular flexibility index (Phi) is 7.35. The lowest BCUT2D eigenvalue weighted by Crippen LogP contribution is -2.36. The number of rotatable bonds is 7. The molecule has 0 N–H and O–H groups in total. The first kappa shape index (κ1) is 27.4. The zero-order valence-corrected chi connectivity index (χ0v) is 22.7. The molecular formula is C28H30F3N7O2. The van der Waals surface area contributed by atoms with Gasteiger partial charge >= 0.3 is 6.18 Å². The summed E-state index contributed by atoms with van der Waals surface area (Å²) in [5.41, 5.74) is 2.07. The van der Waals surface area contributed by atoms with Crippen molar-refractivity contribution in [3.05, 3.63) is 70.9 Å². The first-order valence-electron chi connectivity index (χ1n) is 12.9. The molecule has 5 rings (SSSR count). The van der Waals surface area contributed by atoms with E-state index in [1.54, 1.807) is 26.3 Å². The van der Waals surface area contributed by atoms with Crippen LogP contribution in [0.3, 0.4) is 0 Å². The molecular weight excluding hydrogens is 523 g/mol. The SMILES string of the molecule is C=NC(=NC1=C(C)OC(C)CN1Cc1ccc(-c2nc(C(F)(F)F)cn2C)cc1)c1c(OC)ncnc1C1CC1. The molecule has 1 aromatic carbocycles. The van der Waals surface area contributed by atoms with E-state index in [1.807, 2.05) is 26.0 Å². The molecule has 12 heteroatoms. The minimum Gasteiger partial charge on any atom is -0.490 e. The number of benzene rings is 1. The Morgan fingerprint density at radius 1 is 1.20 bits per heavy atom. The van der Waals surface area contributed by atoms with Gasteiger partial charge in [-0.05, 0) is 39.0 Å². The molecule has 2 aromatic heterocycles. The second-order valence-electron chi connectivity index (χ2n) is 9.96. The number of alkyl halides is 3. The van der Waals surface area contributed by atoms with Gasteiger partial charge in [0.2, 0.25) is 5.88 Å². The van der Waals surface area contributed by atoms with Gasteiger partial charge in [-0.15, -0.1) is 0 Å². The maximum Gasteiger partial charge on any atom is 0.434 e. The lowest BCUT2D eigenvalue weighted by molar-refractivity contribution is -0.140. The molecule has 1 atom stereocenters. The molecule has 0 bridgehead atoms. The highest BCUT2D eigenvalue weighted by Crippen LogP contribution is 2.42. The number of hydrogen-bond donors (Lipinski definition) is 0. The van der Waals surface area contributed by atoms with E-state index in [9.17, 15) is 13.2 Å². The van der Waals surface area contributed by atoms with Crippen LogP contribution in [-0.2, 0) is 24.5 Å². The molecule has 1 aliphatic heterocycles. The number of aliphatic imine (C=N–C) groups is 2. The van der Waals surface area contributed by atoms with Gasteiger partial charge < -0.3 is 18.9 Å². The summed E-state index contributed by atoms with van der Waals surface area (Å²) in [4.78, 5) is 23.8. The van der Waals surface area contributed by atoms with Crippen molar-refractivity contribution in [3.63, 3.8) is 0 Å². The monoisotopic (exact) mass is 553 g/mol. The lowest BCUT2D eigenvalue weighted by Gasteiger charge is -2.34. The summed E-state index contributed by atoms with van der Waals surface area (Å²) < 4.78 is 52.3. The lowest BCUT2D eigenvalue weighted by atomic mass is 10.1. The van der Waals surface area contributed by atoms with Crippen molar-refractivity contribution in [1.82, 2.24) is 24.4 Å². The normalized spacial score (nSPS) is 18.1. The highest BCUT2D eigenvalue weighted by atomic mass is 19.4. The summed E-state index contributed by atoms with van der Waals surface area (Å²) in [7, 11) is 3.09. The third-order valence-corrected chi connectivity index (χ3v) is 6.81. The van der Waals surface area contributed by atoms with E-state index < -0.39 is 11.9 Å². The van der Waals surface area contributed by atoms with Gasteiger partial charge in [0.15, 0.2) is 17.4 Å².